The van der Waals surface area contributed by atoms with Crippen LogP contribution in [0.2, 0.25) is 0 Å². The minimum Gasteiger partial charge on any atom is -0.497 e. The average molecular weight is 1370 g/mol. The molecule has 5 aromatic rings. The fraction of sp³-hybridized carbons (Fsp3) is 0.485. The highest BCUT2D eigenvalue weighted by Crippen LogP contribution is 2.39. The van der Waals surface area contributed by atoms with Crippen molar-refractivity contribution in [3.05, 3.63) is 173 Å². The van der Waals surface area contributed by atoms with Gasteiger partial charge in [0.15, 0.2) is 37.2 Å². The van der Waals surface area contributed by atoms with Gasteiger partial charge < -0.3 is 86.2 Å². The quantitative estimate of drug-likeness (QED) is 0.0257. The van der Waals surface area contributed by atoms with E-state index in [0.29, 0.717) is 16.9 Å². The number of carbonyl (C=O) groups is 5. The van der Waals surface area contributed by atoms with E-state index in [4.69, 9.17) is 111 Å². The first-order valence-corrected chi connectivity index (χ1v) is 31.6. The molecule has 0 spiro atoms. The summed E-state index contributed by atoms with van der Waals surface area (Å²) in [5, 5.41) is 14.7. The largest absolute Gasteiger partial charge is 0.497 e. The van der Waals surface area contributed by atoms with Crippen LogP contribution in [0, 0.1) is 5.41 Å². The molecule has 0 saturated carbocycles. The molecule has 2 N–H and O–H groups in total. The Morgan fingerprint density at radius 1 is 0.468 bits per heavy atom. The number of esters is 4. The topological polar surface area (TPSA) is 265 Å². The van der Waals surface area contributed by atoms with Crippen LogP contribution in [0.1, 0.15) is 69.4 Å². The first-order valence-electron chi connectivity index (χ1n) is 30.4. The minimum atomic E-state index is -2.10. The van der Waals surface area contributed by atoms with Gasteiger partial charge in [-0.1, -0.05) is 168 Å². The Morgan fingerprint density at radius 3 is 1.36 bits per heavy atom. The molecule has 1 amide bonds. The molecular weight excluding hydrogens is 1290 g/mol. The highest BCUT2D eigenvalue weighted by Gasteiger charge is 2.58. The van der Waals surface area contributed by atoms with Crippen LogP contribution in [0.25, 0.3) is 0 Å². The highest BCUT2D eigenvalue weighted by atomic mass is 35.6. The van der Waals surface area contributed by atoms with E-state index < -0.39 is 144 Å². The second-order valence-electron chi connectivity index (χ2n) is 23.4. The lowest BCUT2D eigenvalue weighted by Gasteiger charge is -2.51. The number of aliphatic hydroxyl groups is 1. The SMILES string of the molecule is COc1ccc(CO[C@H]2[C@@H](O[C@@H]3O[C@H](COC(C)=O)[C@H](OC(C)=O)[C@H](OC(C)=O)[C@H]3NC(=O)OCC(Cl)(Cl)Cl)[C@@H](COCc3ccccc3)O[C@@H](O[C@H]3[C@H](OCc4ccccc4)[C@@H](OC(=O)C(C)(C)C)[C@H](O)O[C@@H]3COCc3ccccc3)[C@@H]2OCc2ccccc2)cc1. The number of carbonyl (C=O) groups excluding carboxylic acids is 5. The smallest absolute Gasteiger partial charge is 0.407 e. The number of benzene rings is 5. The number of nitrogens with one attached hydrogen (secondary N) is 1. The van der Waals surface area contributed by atoms with Crippen LogP contribution in [0.4, 0.5) is 4.79 Å². The molecule has 510 valence electrons. The third-order valence-corrected chi connectivity index (χ3v) is 15.3. The van der Waals surface area contributed by atoms with Crippen LogP contribution >= 0.6 is 34.8 Å². The zero-order valence-electron chi connectivity index (χ0n) is 53.0. The lowest BCUT2D eigenvalue weighted by atomic mass is 9.94. The van der Waals surface area contributed by atoms with Gasteiger partial charge in [-0.15, -0.1) is 0 Å². The molecule has 5 aromatic carbocycles. The number of alkyl halides is 3. The Bertz CT molecular complexity index is 3150. The number of halogens is 3. The number of ether oxygens (including phenoxy) is 16. The van der Waals surface area contributed by atoms with Gasteiger partial charge in [0, 0.05) is 20.8 Å². The van der Waals surface area contributed by atoms with Gasteiger partial charge in [-0.05, 0) is 60.7 Å². The number of alkyl carbamates (subject to hydrolysis) is 1. The van der Waals surface area contributed by atoms with Crippen molar-refractivity contribution in [1.29, 1.82) is 0 Å². The summed E-state index contributed by atoms with van der Waals surface area (Å²) in [6.45, 7) is 6.15. The van der Waals surface area contributed by atoms with E-state index in [9.17, 15) is 29.1 Å². The number of methoxy groups -OCH3 is 1. The van der Waals surface area contributed by atoms with Gasteiger partial charge in [0.25, 0.3) is 0 Å². The highest BCUT2D eigenvalue weighted by molar-refractivity contribution is 6.67. The first kappa shape index (κ1) is 73.3. The molecular formula is C68H80Cl3NO22. The average Bonchev–Trinajstić information content (AvgIpc) is 0.772. The standard InChI is InChI=1S/C68H80Cl3NO22/c1-41(73)82-39-52-54(87-42(2)74)57(88-43(3)75)53(72-66(78)86-40-68(69,70)71)63(90-52)92-56-51(38-81-33-45-22-14-9-15-23-45)91-64(61(85-35-47-26-18-11-19-27-47)59(56)84-36-48-28-30-49(79-7)31-29-48)93-55-50(37-80-32-44-20-12-8-13-21-44)89-62(76)60(94-65(77)67(4,5)6)58(55)83-34-46-24-16-10-17-25-46/h8-31,50-64,76H,32-40H2,1-7H3,(H,72,78)/t50-,51-,52-,53-,54+,55-,56+,57-,58+,59+,60-,61-,62-,63+,64+/m1/s1. The first-order chi connectivity index (χ1) is 45.0. The molecule has 8 rings (SSSR count). The normalized spacial score (nSPS) is 26.3. The summed E-state index contributed by atoms with van der Waals surface area (Å²) >= 11 is 18.1. The van der Waals surface area contributed by atoms with Crippen LogP contribution in [0.3, 0.4) is 0 Å². The Balaban J connectivity index is 1.30. The van der Waals surface area contributed by atoms with Crippen molar-refractivity contribution < 1.29 is 105 Å². The Morgan fingerprint density at radius 2 is 0.894 bits per heavy atom. The molecule has 0 aromatic heterocycles. The van der Waals surface area contributed by atoms with E-state index in [-0.39, 0.29) is 46.2 Å². The summed E-state index contributed by atoms with van der Waals surface area (Å²) < 4.78 is 101. The maximum absolute atomic E-state index is 14.0. The predicted molar refractivity (Wildman–Crippen MR) is 337 cm³/mol. The monoisotopic (exact) mass is 1370 g/mol. The molecule has 0 aliphatic carbocycles. The van der Waals surface area contributed by atoms with Gasteiger partial charge in [-0.3, -0.25) is 19.2 Å². The van der Waals surface area contributed by atoms with Crippen LogP contribution in [-0.2, 0) is 123 Å². The van der Waals surface area contributed by atoms with E-state index in [2.05, 4.69) is 5.32 Å². The Kier molecular flexibility index (Phi) is 27.7. The van der Waals surface area contributed by atoms with Gasteiger partial charge in [-0.25, -0.2) is 4.79 Å². The molecule has 26 heteroatoms. The van der Waals surface area contributed by atoms with E-state index >= 15 is 0 Å². The summed E-state index contributed by atoms with van der Waals surface area (Å²) in [6.07, 6.45) is -22.3. The minimum absolute atomic E-state index is 0.0257. The van der Waals surface area contributed by atoms with Crippen molar-refractivity contribution >= 4 is 64.8 Å². The van der Waals surface area contributed by atoms with Crippen LogP contribution in [0.15, 0.2) is 146 Å². The molecule has 0 bridgehead atoms. The molecule has 3 saturated heterocycles. The van der Waals surface area contributed by atoms with Crippen LogP contribution < -0.4 is 10.1 Å². The van der Waals surface area contributed by atoms with E-state index in [1.165, 1.54) is 7.11 Å². The second kappa shape index (κ2) is 35.5. The summed E-state index contributed by atoms with van der Waals surface area (Å²) in [5.74, 6) is -2.68. The van der Waals surface area contributed by atoms with Crippen molar-refractivity contribution in [1.82, 2.24) is 5.32 Å². The fourth-order valence-corrected chi connectivity index (χ4v) is 10.6. The third kappa shape index (κ3) is 22.3. The zero-order chi connectivity index (χ0) is 67.4. The van der Waals surface area contributed by atoms with Gasteiger partial charge in [0.05, 0.1) is 58.8 Å². The number of aliphatic hydroxyl groups excluding tert-OH is 1. The van der Waals surface area contributed by atoms with E-state index in [1.54, 1.807) is 45.0 Å². The van der Waals surface area contributed by atoms with Crippen molar-refractivity contribution in [3.63, 3.8) is 0 Å². The molecule has 0 unspecified atom stereocenters. The van der Waals surface area contributed by atoms with Gasteiger partial charge in [0.1, 0.15) is 73.8 Å². The van der Waals surface area contributed by atoms with E-state index in [0.717, 1.165) is 37.5 Å². The summed E-state index contributed by atoms with van der Waals surface area (Å²) in [7, 11) is 1.53. The number of rotatable bonds is 29. The van der Waals surface area contributed by atoms with Gasteiger partial charge >= 0.3 is 30.0 Å². The number of amides is 1. The second-order valence-corrected chi connectivity index (χ2v) is 25.9. The van der Waals surface area contributed by atoms with Gasteiger partial charge in [-0.2, -0.15) is 0 Å². The number of hydrogen-bond acceptors (Lipinski definition) is 22. The van der Waals surface area contributed by atoms with Crippen LogP contribution in [-0.4, -0.2) is 164 Å². The lowest BCUT2D eigenvalue weighted by molar-refractivity contribution is -0.384. The molecule has 3 aliphatic heterocycles. The van der Waals surface area contributed by atoms with Crippen LogP contribution in [0.5, 0.6) is 5.75 Å². The third-order valence-electron chi connectivity index (χ3n) is 15.0. The van der Waals surface area contributed by atoms with Crippen molar-refractivity contribution in [3.8, 4) is 5.75 Å². The maximum Gasteiger partial charge on any atom is 0.407 e. The number of hydrogen-bond donors (Lipinski definition) is 2. The van der Waals surface area contributed by atoms with Crippen molar-refractivity contribution in [2.45, 2.75) is 170 Å². The Hall–Kier alpha value is -6.52. The molecule has 94 heavy (non-hydrogen) atoms. The molecule has 15 atom stereocenters. The van der Waals surface area contributed by atoms with E-state index in [1.807, 2.05) is 121 Å². The zero-order valence-corrected chi connectivity index (χ0v) is 55.3. The lowest BCUT2D eigenvalue weighted by Crippen LogP contribution is -2.70. The molecule has 3 fully saturated rings. The molecule has 0 radical (unpaired) electrons. The van der Waals surface area contributed by atoms with Gasteiger partial charge in [0.2, 0.25) is 3.79 Å². The summed E-state index contributed by atoms with van der Waals surface area (Å²) in [5.41, 5.74) is 2.58. The predicted octanol–water partition coefficient (Wildman–Crippen LogP) is 8.97. The molecule has 3 heterocycles. The fourth-order valence-electron chi connectivity index (χ4n) is 10.5. The molecule has 3 aliphatic rings. The summed E-state index contributed by atoms with van der Waals surface area (Å²) in [4.78, 5) is 66.8. The van der Waals surface area contributed by atoms with Crippen molar-refractivity contribution in [2.24, 2.45) is 5.41 Å². The maximum atomic E-state index is 14.0. The molecule has 23 nitrogen and oxygen atoms in total. The summed E-state index contributed by atoms with van der Waals surface area (Å²) in [6, 6.07) is 42.4. The van der Waals surface area contributed by atoms with Crippen molar-refractivity contribution in [2.75, 3.05) is 33.5 Å². The Labute approximate surface area is 560 Å².